The van der Waals surface area contributed by atoms with Gasteiger partial charge in [0.1, 0.15) is 10.6 Å². The Labute approximate surface area is 190 Å². The minimum atomic E-state index is -0.282. The molecule has 164 valence electrons. The van der Waals surface area contributed by atoms with Crippen molar-refractivity contribution in [1.82, 2.24) is 14.7 Å². The highest BCUT2D eigenvalue weighted by molar-refractivity contribution is 7.20. The highest BCUT2D eigenvalue weighted by Crippen LogP contribution is 2.32. The number of hydrogen-bond acceptors (Lipinski definition) is 4. The molecule has 4 aromatic rings. The van der Waals surface area contributed by atoms with Crippen molar-refractivity contribution >= 4 is 33.1 Å². The highest BCUT2D eigenvalue weighted by Gasteiger charge is 2.25. The van der Waals surface area contributed by atoms with E-state index < -0.39 is 0 Å². The van der Waals surface area contributed by atoms with Crippen molar-refractivity contribution in [3.63, 3.8) is 0 Å². The van der Waals surface area contributed by atoms with Gasteiger partial charge in [-0.05, 0) is 68.3 Å². The maximum absolute atomic E-state index is 13.3. The Kier molecular flexibility index (Phi) is 5.21. The molecule has 5 nitrogen and oxygen atoms in total. The summed E-state index contributed by atoms with van der Waals surface area (Å²) in [5.74, 6) is -0.215. The molecule has 1 aliphatic heterocycles. The van der Waals surface area contributed by atoms with E-state index in [4.69, 9.17) is 0 Å². The van der Waals surface area contributed by atoms with Gasteiger partial charge in [0.05, 0.1) is 16.3 Å². The molecule has 0 radical (unpaired) electrons. The summed E-state index contributed by atoms with van der Waals surface area (Å²) in [7, 11) is 0. The normalized spacial score (nSPS) is 14.4. The van der Waals surface area contributed by atoms with Crippen LogP contribution in [0.1, 0.15) is 26.5 Å². The molecule has 1 aliphatic rings. The molecule has 7 heteroatoms. The number of anilines is 1. The Morgan fingerprint density at radius 1 is 1.00 bits per heavy atom. The zero-order valence-electron chi connectivity index (χ0n) is 18.4. The summed E-state index contributed by atoms with van der Waals surface area (Å²) in [4.78, 5) is 19.2. The lowest BCUT2D eigenvalue weighted by molar-refractivity contribution is 0.0751. The minimum Gasteiger partial charge on any atom is -0.368 e. The number of carbonyl (C=O) groups excluding carboxylic acids is 1. The quantitative estimate of drug-likeness (QED) is 0.437. The van der Waals surface area contributed by atoms with E-state index in [1.807, 2.05) is 17.9 Å². The lowest BCUT2D eigenvalue weighted by Crippen LogP contribution is -2.48. The Bertz CT molecular complexity index is 1300. The van der Waals surface area contributed by atoms with Crippen molar-refractivity contribution in [3.8, 4) is 5.69 Å². The molecule has 1 fully saturated rings. The molecular weight excluding hydrogens is 423 g/mol. The molecule has 1 saturated heterocycles. The fourth-order valence-electron chi connectivity index (χ4n) is 4.29. The van der Waals surface area contributed by atoms with Gasteiger partial charge in [0.25, 0.3) is 5.91 Å². The molecular formula is C25H25FN4OS. The summed E-state index contributed by atoms with van der Waals surface area (Å²) in [6.45, 7) is 9.27. The second-order valence-corrected chi connectivity index (χ2v) is 9.33. The maximum atomic E-state index is 13.3. The lowest BCUT2D eigenvalue weighted by Gasteiger charge is -2.36. The minimum absolute atomic E-state index is 0.0665. The molecule has 2 aromatic heterocycles. The van der Waals surface area contributed by atoms with E-state index >= 15 is 0 Å². The van der Waals surface area contributed by atoms with E-state index in [1.54, 1.807) is 16.8 Å². The summed E-state index contributed by atoms with van der Waals surface area (Å²) in [6, 6.07) is 14.6. The van der Waals surface area contributed by atoms with Crippen LogP contribution in [0.2, 0.25) is 0 Å². The third-order valence-corrected chi connectivity index (χ3v) is 7.41. The number of amides is 1. The van der Waals surface area contributed by atoms with Gasteiger partial charge in [-0.3, -0.25) is 4.79 Å². The number of aromatic nitrogens is 2. The van der Waals surface area contributed by atoms with Gasteiger partial charge < -0.3 is 9.80 Å². The number of hydrogen-bond donors (Lipinski definition) is 0. The van der Waals surface area contributed by atoms with E-state index in [-0.39, 0.29) is 11.7 Å². The van der Waals surface area contributed by atoms with Crippen molar-refractivity contribution in [2.75, 3.05) is 31.1 Å². The molecule has 2 aromatic carbocycles. The second-order valence-electron chi connectivity index (χ2n) is 8.30. The van der Waals surface area contributed by atoms with Gasteiger partial charge in [-0.25, -0.2) is 9.07 Å². The fourth-order valence-corrected chi connectivity index (χ4v) is 5.45. The topological polar surface area (TPSA) is 41.4 Å². The van der Waals surface area contributed by atoms with Crippen LogP contribution in [0.3, 0.4) is 0 Å². The molecule has 0 atom stereocenters. The largest absolute Gasteiger partial charge is 0.368 e. The molecule has 0 N–H and O–H groups in total. The van der Waals surface area contributed by atoms with Gasteiger partial charge in [0.2, 0.25) is 0 Å². The van der Waals surface area contributed by atoms with E-state index in [0.717, 1.165) is 39.6 Å². The predicted octanol–water partition coefficient (Wildman–Crippen LogP) is 5.11. The summed E-state index contributed by atoms with van der Waals surface area (Å²) in [5, 5.41) is 5.56. The molecule has 32 heavy (non-hydrogen) atoms. The highest BCUT2D eigenvalue weighted by atomic mass is 32.1. The second kappa shape index (κ2) is 8.06. The van der Waals surface area contributed by atoms with Gasteiger partial charge >= 0.3 is 0 Å². The zero-order chi connectivity index (χ0) is 22.4. The van der Waals surface area contributed by atoms with Crippen LogP contribution in [-0.4, -0.2) is 46.8 Å². The number of piperazine rings is 1. The van der Waals surface area contributed by atoms with Gasteiger partial charge in [-0.2, -0.15) is 5.10 Å². The molecule has 1 amide bonds. The molecule has 3 heterocycles. The van der Waals surface area contributed by atoms with E-state index in [2.05, 4.69) is 42.0 Å². The third-order valence-electron chi connectivity index (χ3n) is 6.31. The summed E-state index contributed by atoms with van der Waals surface area (Å²) in [5.41, 5.74) is 5.50. The Morgan fingerprint density at radius 3 is 2.44 bits per heavy atom. The summed E-state index contributed by atoms with van der Waals surface area (Å²) < 4.78 is 15.1. The van der Waals surface area contributed by atoms with Crippen LogP contribution in [0, 0.1) is 26.6 Å². The number of fused-ring (bicyclic) bond motifs is 1. The molecule has 0 spiro atoms. The number of thiophene rings is 1. The van der Waals surface area contributed by atoms with Gasteiger partial charge in [0, 0.05) is 37.3 Å². The molecule has 0 unspecified atom stereocenters. The predicted molar refractivity (Wildman–Crippen MR) is 128 cm³/mol. The zero-order valence-corrected chi connectivity index (χ0v) is 19.2. The average molecular weight is 449 g/mol. The molecule has 5 rings (SSSR count). The van der Waals surface area contributed by atoms with Crippen LogP contribution < -0.4 is 4.90 Å². The standard InChI is InChI=1S/C25H25FN4OS/c1-16-5-4-6-22(17(16)2)28-11-13-29(14-12-28)24(31)23-15-21-18(3)27-30(25(21)32-23)20-9-7-19(26)8-10-20/h4-10,15H,11-14H2,1-3H3. The molecule has 0 bridgehead atoms. The first-order chi connectivity index (χ1) is 15.4. The smallest absolute Gasteiger partial charge is 0.264 e. The fraction of sp³-hybridized carbons (Fsp3) is 0.280. The monoisotopic (exact) mass is 448 g/mol. The van der Waals surface area contributed by atoms with Gasteiger partial charge in [0.15, 0.2) is 0 Å². The summed E-state index contributed by atoms with van der Waals surface area (Å²) in [6.07, 6.45) is 0. The lowest BCUT2D eigenvalue weighted by atomic mass is 10.1. The Morgan fingerprint density at radius 2 is 1.72 bits per heavy atom. The van der Waals surface area contributed by atoms with Crippen LogP contribution >= 0.6 is 11.3 Å². The number of rotatable bonds is 3. The number of benzene rings is 2. The maximum Gasteiger partial charge on any atom is 0.264 e. The van der Waals surface area contributed by atoms with Crippen molar-refractivity contribution in [1.29, 1.82) is 0 Å². The van der Waals surface area contributed by atoms with Crippen LogP contribution in [-0.2, 0) is 0 Å². The van der Waals surface area contributed by atoms with Crippen LogP contribution in [0.25, 0.3) is 15.9 Å². The van der Waals surface area contributed by atoms with E-state index in [0.29, 0.717) is 13.1 Å². The first-order valence-electron chi connectivity index (χ1n) is 10.8. The average Bonchev–Trinajstić information content (AvgIpc) is 3.37. The third kappa shape index (κ3) is 3.56. The van der Waals surface area contributed by atoms with Crippen molar-refractivity contribution in [3.05, 3.63) is 76.0 Å². The van der Waals surface area contributed by atoms with Gasteiger partial charge in [-0.1, -0.05) is 12.1 Å². The molecule has 0 aliphatic carbocycles. The number of nitrogens with zero attached hydrogens (tertiary/aromatic N) is 4. The Balaban J connectivity index is 1.36. The van der Waals surface area contributed by atoms with Crippen molar-refractivity contribution in [2.45, 2.75) is 20.8 Å². The van der Waals surface area contributed by atoms with Crippen molar-refractivity contribution < 1.29 is 9.18 Å². The van der Waals surface area contributed by atoms with E-state index in [1.165, 1.54) is 40.3 Å². The van der Waals surface area contributed by atoms with Crippen LogP contribution in [0.5, 0.6) is 0 Å². The Hall–Kier alpha value is -3.19. The number of aryl methyl sites for hydroxylation is 2. The molecule has 0 saturated carbocycles. The van der Waals surface area contributed by atoms with Crippen molar-refractivity contribution in [2.24, 2.45) is 0 Å². The number of halogens is 1. The first kappa shape index (κ1) is 20.7. The van der Waals surface area contributed by atoms with E-state index in [9.17, 15) is 9.18 Å². The summed E-state index contributed by atoms with van der Waals surface area (Å²) >= 11 is 1.45. The van der Waals surface area contributed by atoms with Crippen LogP contribution in [0.4, 0.5) is 10.1 Å². The van der Waals surface area contributed by atoms with Gasteiger partial charge in [-0.15, -0.1) is 11.3 Å². The van der Waals surface area contributed by atoms with Crippen LogP contribution in [0.15, 0.2) is 48.5 Å². The first-order valence-corrected chi connectivity index (χ1v) is 11.6. The SMILES string of the molecule is Cc1cccc(N2CCN(C(=O)c3cc4c(C)nn(-c5ccc(F)cc5)c4s3)CC2)c1C. The number of carbonyl (C=O) groups is 1.